The van der Waals surface area contributed by atoms with Crippen molar-refractivity contribution >= 4 is 15.9 Å². The van der Waals surface area contributed by atoms with Crippen molar-refractivity contribution in [3.63, 3.8) is 0 Å². The number of hydrogen-bond acceptors (Lipinski definition) is 3. The summed E-state index contributed by atoms with van der Waals surface area (Å²) in [5.74, 6) is 0. The Morgan fingerprint density at radius 2 is 1.94 bits per heavy atom. The highest BCUT2D eigenvalue weighted by atomic mass is 79.9. The molecule has 1 saturated carbocycles. The number of aromatic nitrogens is 1. The van der Waals surface area contributed by atoms with Crippen LogP contribution in [0.3, 0.4) is 0 Å². The van der Waals surface area contributed by atoms with Gasteiger partial charge in [-0.1, -0.05) is 6.42 Å². The lowest BCUT2D eigenvalue weighted by Crippen LogP contribution is -2.51. The minimum atomic E-state index is 0.901. The SMILES string of the molecule is Brc1ccc(CN2CCN(C3CCC3)CC2)nc1. The average molecular weight is 310 g/mol. The number of rotatable bonds is 3. The minimum Gasteiger partial charge on any atom is -0.298 e. The van der Waals surface area contributed by atoms with Gasteiger partial charge in [0.25, 0.3) is 0 Å². The fourth-order valence-corrected chi connectivity index (χ4v) is 3.00. The zero-order chi connectivity index (χ0) is 12.4. The van der Waals surface area contributed by atoms with Crippen molar-refractivity contribution < 1.29 is 0 Å². The highest BCUT2D eigenvalue weighted by Crippen LogP contribution is 2.25. The smallest absolute Gasteiger partial charge is 0.0544 e. The second-order valence-corrected chi connectivity index (χ2v) is 6.28. The summed E-state index contributed by atoms with van der Waals surface area (Å²) >= 11 is 3.43. The third-order valence-electron chi connectivity index (χ3n) is 4.17. The molecule has 2 fully saturated rings. The molecular weight excluding hydrogens is 290 g/mol. The predicted molar refractivity (Wildman–Crippen MR) is 76.4 cm³/mol. The van der Waals surface area contributed by atoms with Gasteiger partial charge in [-0.05, 0) is 40.9 Å². The Morgan fingerprint density at radius 1 is 1.17 bits per heavy atom. The monoisotopic (exact) mass is 309 g/mol. The zero-order valence-corrected chi connectivity index (χ0v) is 12.3. The summed E-state index contributed by atoms with van der Waals surface area (Å²) in [5.41, 5.74) is 1.18. The van der Waals surface area contributed by atoms with Crippen LogP contribution in [0.5, 0.6) is 0 Å². The van der Waals surface area contributed by atoms with E-state index in [1.165, 1.54) is 51.1 Å². The summed E-state index contributed by atoms with van der Waals surface area (Å²) in [6, 6.07) is 5.09. The van der Waals surface area contributed by atoms with Crippen molar-refractivity contribution in [2.24, 2.45) is 0 Å². The maximum Gasteiger partial charge on any atom is 0.0544 e. The lowest BCUT2D eigenvalue weighted by Gasteiger charge is -2.42. The number of piperazine rings is 1. The molecule has 2 heterocycles. The van der Waals surface area contributed by atoms with Crippen LogP contribution in [0, 0.1) is 0 Å². The second-order valence-electron chi connectivity index (χ2n) is 5.36. The standard InChI is InChI=1S/C14H20BrN3/c15-12-4-5-13(16-10-12)11-17-6-8-18(9-7-17)14-2-1-3-14/h4-5,10,14H,1-3,6-9,11H2. The molecule has 0 atom stereocenters. The molecule has 3 nitrogen and oxygen atoms in total. The molecule has 3 rings (SSSR count). The van der Waals surface area contributed by atoms with E-state index in [0.29, 0.717) is 0 Å². The fourth-order valence-electron chi connectivity index (χ4n) is 2.77. The van der Waals surface area contributed by atoms with Gasteiger partial charge in [-0.15, -0.1) is 0 Å². The number of halogens is 1. The van der Waals surface area contributed by atoms with Crippen LogP contribution in [0.25, 0.3) is 0 Å². The first kappa shape index (κ1) is 12.6. The maximum atomic E-state index is 4.45. The van der Waals surface area contributed by atoms with Crippen LogP contribution < -0.4 is 0 Å². The highest BCUT2D eigenvalue weighted by molar-refractivity contribution is 9.10. The van der Waals surface area contributed by atoms with E-state index in [-0.39, 0.29) is 0 Å². The van der Waals surface area contributed by atoms with Crippen molar-refractivity contribution in [3.8, 4) is 0 Å². The van der Waals surface area contributed by atoms with Crippen molar-refractivity contribution in [1.29, 1.82) is 0 Å². The van der Waals surface area contributed by atoms with Crippen LogP contribution in [-0.2, 0) is 6.54 Å². The third-order valence-corrected chi connectivity index (χ3v) is 4.64. The molecule has 18 heavy (non-hydrogen) atoms. The van der Waals surface area contributed by atoms with Gasteiger partial charge in [0, 0.05) is 49.4 Å². The van der Waals surface area contributed by atoms with E-state index in [4.69, 9.17) is 0 Å². The van der Waals surface area contributed by atoms with Crippen LogP contribution in [0.2, 0.25) is 0 Å². The maximum absolute atomic E-state index is 4.45. The molecule has 0 amide bonds. The van der Waals surface area contributed by atoms with Gasteiger partial charge in [0.15, 0.2) is 0 Å². The third kappa shape index (κ3) is 2.92. The molecular formula is C14H20BrN3. The van der Waals surface area contributed by atoms with Crippen LogP contribution in [-0.4, -0.2) is 47.0 Å². The zero-order valence-electron chi connectivity index (χ0n) is 10.7. The molecule has 98 valence electrons. The Kier molecular flexibility index (Phi) is 3.97. The summed E-state index contributed by atoms with van der Waals surface area (Å²) < 4.78 is 1.06. The van der Waals surface area contributed by atoms with E-state index in [1.54, 1.807) is 0 Å². The summed E-state index contributed by atoms with van der Waals surface area (Å²) in [4.78, 5) is 9.65. The molecule has 4 heteroatoms. The summed E-state index contributed by atoms with van der Waals surface area (Å²) in [6.07, 6.45) is 6.18. The molecule has 0 spiro atoms. The van der Waals surface area contributed by atoms with Crippen LogP contribution in [0.1, 0.15) is 25.0 Å². The van der Waals surface area contributed by atoms with E-state index < -0.39 is 0 Å². The molecule has 0 radical (unpaired) electrons. The van der Waals surface area contributed by atoms with Crippen LogP contribution in [0.4, 0.5) is 0 Å². The molecule has 1 aromatic rings. The van der Waals surface area contributed by atoms with Crippen molar-refractivity contribution in [2.75, 3.05) is 26.2 Å². The van der Waals surface area contributed by atoms with Gasteiger partial charge >= 0.3 is 0 Å². The molecule has 0 unspecified atom stereocenters. The first-order chi connectivity index (χ1) is 8.81. The lowest BCUT2D eigenvalue weighted by molar-refractivity contribution is 0.0583. The van der Waals surface area contributed by atoms with Crippen LogP contribution in [0.15, 0.2) is 22.8 Å². The van der Waals surface area contributed by atoms with Gasteiger partial charge in [-0.25, -0.2) is 0 Å². The minimum absolute atomic E-state index is 0.901. The molecule has 0 bridgehead atoms. The van der Waals surface area contributed by atoms with Crippen molar-refractivity contribution in [3.05, 3.63) is 28.5 Å². The Hall–Kier alpha value is -0.450. The van der Waals surface area contributed by atoms with Gasteiger partial charge in [-0.2, -0.15) is 0 Å². The average Bonchev–Trinajstić information content (AvgIpc) is 2.32. The van der Waals surface area contributed by atoms with Gasteiger partial charge < -0.3 is 0 Å². The topological polar surface area (TPSA) is 19.4 Å². The second kappa shape index (κ2) is 5.68. The number of pyridine rings is 1. The van der Waals surface area contributed by atoms with Crippen LogP contribution >= 0.6 is 15.9 Å². The van der Waals surface area contributed by atoms with Crippen molar-refractivity contribution in [1.82, 2.24) is 14.8 Å². The normalized spacial score (nSPS) is 22.9. The highest BCUT2D eigenvalue weighted by Gasteiger charge is 2.27. The molecule has 1 aliphatic heterocycles. The van der Waals surface area contributed by atoms with Gasteiger partial charge in [-0.3, -0.25) is 14.8 Å². The molecule has 1 aliphatic carbocycles. The van der Waals surface area contributed by atoms with Gasteiger partial charge in [0.05, 0.1) is 5.69 Å². The molecule has 1 aromatic heterocycles. The largest absolute Gasteiger partial charge is 0.298 e. The Morgan fingerprint density at radius 3 is 2.50 bits per heavy atom. The molecule has 0 aromatic carbocycles. The van der Waals surface area contributed by atoms with E-state index >= 15 is 0 Å². The predicted octanol–water partition coefficient (Wildman–Crippen LogP) is 2.51. The first-order valence-corrected chi connectivity index (χ1v) is 7.67. The van der Waals surface area contributed by atoms with Crippen molar-refractivity contribution in [2.45, 2.75) is 31.8 Å². The van der Waals surface area contributed by atoms with E-state index in [2.05, 4.69) is 42.8 Å². The van der Waals surface area contributed by atoms with Gasteiger partial charge in [0.1, 0.15) is 0 Å². The summed E-state index contributed by atoms with van der Waals surface area (Å²) in [7, 11) is 0. The number of nitrogens with zero attached hydrogens (tertiary/aromatic N) is 3. The molecule has 0 N–H and O–H groups in total. The van der Waals surface area contributed by atoms with Gasteiger partial charge in [0.2, 0.25) is 0 Å². The Bertz CT molecular complexity index is 381. The summed E-state index contributed by atoms with van der Waals surface area (Å²) in [6.45, 7) is 5.84. The Labute approximate surface area is 117 Å². The molecule has 2 aliphatic rings. The van der Waals surface area contributed by atoms with E-state index in [0.717, 1.165) is 17.1 Å². The Balaban J connectivity index is 1.48. The summed E-state index contributed by atoms with van der Waals surface area (Å²) in [5, 5.41) is 0. The number of hydrogen-bond donors (Lipinski definition) is 0. The molecule has 1 saturated heterocycles. The lowest BCUT2D eigenvalue weighted by atomic mass is 9.91. The fraction of sp³-hybridized carbons (Fsp3) is 0.643. The quantitative estimate of drug-likeness (QED) is 0.855. The first-order valence-electron chi connectivity index (χ1n) is 6.88. The van der Waals surface area contributed by atoms with E-state index in [1.807, 2.05) is 6.20 Å². The van der Waals surface area contributed by atoms with E-state index in [9.17, 15) is 0 Å².